The number of methoxy groups -OCH3 is 1. The lowest BCUT2D eigenvalue weighted by Gasteiger charge is -2.12. The van der Waals surface area contributed by atoms with E-state index in [1.807, 2.05) is 12.1 Å². The van der Waals surface area contributed by atoms with Crippen LogP contribution in [-0.4, -0.2) is 25.4 Å². The summed E-state index contributed by atoms with van der Waals surface area (Å²) in [6.07, 6.45) is 1.07. The molecule has 0 aliphatic carbocycles. The lowest BCUT2D eigenvalue weighted by atomic mass is 9.96. The molecule has 1 N–H and O–H groups in total. The van der Waals surface area contributed by atoms with Crippen LogP contribution in [0.2, 0.25) is 0 Å². The predicted molar refractivity (Wildman–Crippen MR) is 57.1 cm³/mol. The Bertz CT molecular complexity index is 330. The summed E-state index contributed by atoms with van der Waals surface area (Å²) in [5.74, 6) is 1.22. The second kappa shape index (κ2) is 4.64. The first-order valence-corrected chi connectivity index (χ1v) is 5.20. The van der Waals surface area contributed by atoms with Crippen molar-refractivity contribution >= 4 is 0 Å². The fourth-order valence-corrected chi connectivity index (χ4v) is 1.97. The maximum atomic E-state index is 9.21. The number of rotatable bonds is 3. The second-order valence-corrected chi connectivity index (χ2v) is 3.79. The molecule has 15 heavy (non-hydrogen) atoms. The summed E-state index contributed by atoms with van der Waals surface area (Å²) in [4.78, 5) is 0. The summed E-state index contributed by atoms with van der Waals surface area (Å²) in [7, 11) is 1.62. The Balaban J connectivity index is 2.25. The van der Waals surface area contributed by atoms with E-state index in [4.69, 9.17) is 9.47 Å². The van der Waals surface area contributed by atoms with Crippen LogP contribution in [0.4, 0.5) is 0 Å². The molecule has 0 aromatic heterocycles. The zero-order valence-electron chi connectivity index (χ0n) is 8.90. The minimum absolute atomic E-state index is 0.0184. The van der Waals surface area contributed by atoms with Crippen molar-refractivity contribution in [2.75, 3.05) is 20.3 Å². The minimum Gasteiger partial charge on any atom is -0.496 e. The molecule has 1 aromatic carbocycles. The van der Waals surface area contributed by atoms with Gasteiger partial charge in [-0.15, -0.1) is 0 Å². The maximum Gasteiger partial charge on any atom is 0.124 e. The molecule has 1 unspecified atom stereocenters. The van der Waals surface area contributed by atoms with Crippen molar-refractivity contribution in [2.24, 2.45) is 0 Å². The summed E-state index contributed by atoms with van der Waals surface area (Å²) in [6, 6.07) is 5.98. The summed E-state index contributed by atoms with van der Waals surface area (Å²) < 4.78 is 10.5. The van der Waals surface area contributed by atoms with Gasteiger partial charge in [-0.3, -0.25) is 0 Å². The third-order valence-corrected chi connectivity index (χ3v) is 2.88. The molecule has 1 aliphatic heterocycles. The zero-order valence-corrected chi connectivity index (χ0v) is 8.90. The predicted octanol–water partition coefficient (Wildman–Crippen LogP) is 1.69. The standard InChI is InChI=1S/C12H16O3/c1-14-12-3-2-9(6-11(12)7-13)10-4-5-15-8-10/h2-3,6,10,13H,4-5,7-8H2,1H3. The van der Waals surface area contributed by atoms with Crippen LogP contribution in [0.1, 0.15) is 23.5 Å². The highest BCUT2D eigenvalue weighted by Crippen LogP contribution is 2.29. The van der Waals surface area contributed by atoms with Crippen molar-refractivity contribution in [2.45, 2.75) is 18.9 Å². The fourth-order valence-electron chi connectivity index (χ4n) is 1.97. The SMILES string of the molecule is COc1ccc(C2CCOC2)cc1CO. The van der Waals surface area contributed by atoms with Gasteiger partial charge in [-0.2, -0.15) is 0 Å². The average molecular weight is 208 g/mol. The molecule has 0 bridgehead atoms. The zero-order chi connectivity index (χ0) is 10.7. The Kier molecular flexibility index (Phi) is 3.23. The quantitative estimate of drug-likeness (QED) is 0.821. The molecule has 1 saturated heterocycles. The normalized spacial score (nSPS) is 20.5. The van der Waals surface area contributed by atoms with E-state index in [0.29, 0.717) is 5.92 Å². The van der Waals surface area contributed by atoms with E-state index in [0.717, 1.165) is 30.9 Å². The Morgan fingerprint density at radius 1 is 1.53 bits per heavy atom. The minimum atomic E-state index is 0.0184. The van der Waals surface area contributed by atoms with Crippen LogP contribution in [0.5, 0.6) is 5.75 Å². The van der Waals surface area contributed by atoms with Gasteiger partial charge in [0, 0.05) is 18.1 Å². The number of aliphatic hydroxyl groups excluding tert-OH is 1. The third kappa shape index (κ3) is 2.13. The van der Waals surface area contributed by atoms with Gasteiger partial charge in [-0.1, -0.05) is 6.07 Å². The van der Waals surface area contributed by atoms with Gasteiger partial charge in [0.25, 0.3) is 0 Å². The topological polar surface area (TPSA) is 38.7 Å². The van der Waals surface area contributed by atoms with Gasteiger partial charge < -0.3 is 14.6 Å². The molecule has 2 rings (SSSR count). The van der Waals surface area contributed by atoms with Crippen LogP contribution in [0.3, 0.4) is 0 Å². The number of ether oxygens (including phenoxy) is 2. The first-order chi connectivity index (χ1) is 7.35. The first kappa shape index (κ1) is 10.5. The van der Waals surface area contributed by atoms with Crippen molar-refractivity contribution in [3.63, 3.8) is 0 Å². The lowest BCUT2D eigenvalue weighted by molar-refractivity contribution is 0.194. The molecule has 1 aliphatic rings. The van der Waals surface area contributed by atoms with Crippen molar-refractivity contribution in [1.82, 2.24) is 0 Å². The number of aliphatic hydroxyl groups is 1. The smallest absolute Gasteiger partial charge is 0.124 e. The summed E-state index contributed by atoms with van der Waals surface area (Å²) >= 11 is 0. The van der Waals surface area contributed by atoms with E-state index >= 15 is 0 Å². The highest BCUT2D eigenvalue weighted by atomic mass is 16.5. The van der Waals surface area contributed by atoms with Gasteiger partial charge in [0.1, 0.15) is 5.75 Å². The highest BCUT2D eigenvalue weighted by molar-refractivity contribution is 5.38. The summed E-state index contributed by atoms with van der Waals surface area (Å²) in [5, 5.41) is 9.21. The molecule has 1 aromatic rings. The molecule has 0 radical (unpaired) electrons. The molecular weight excluding hydrogens is 192 g/mol. The second-order valence-electron chi connectivity index (χ2n) is 3.79. The molecule has 0 amide bonds. The highest BCUT2D eigenvalue weighted by Gasteiger charge is 2.18. The fraction of sp³-hybridized carbons (Fsp3) is 0.500. The van der Waals surface area contributed by atoms with Crippen LogP contribution in [0.25, 0.3) is 0 Å². The summed E-state index contributed by atoms with van der Waals surface area (Å²) in [5.41, 5.74) is 2.08. The van der Waals surface area contributed by atoms with E-state index < -0.39 is 0 Å². The van der Waals surface area contributed by atoms with Crippen molar-refractivity contribution in [1.29, 1.82) is 0 Å². The maximum absolute atomic E-state index is 9.21. The van der Waals surface area contributed by atoms with Gasteiger partial charge in [0.05, 0.1) is 20.3 Å². The van der Waals surface area contributed by atoms with Crippen LogP contribution < -0.4 is 4.74 Å². The van der Waals surface area contributed by atoms with E-state index in [9.17, 15) is 5.11 Å². The lowest BCUT2D eigenvalue weighted by Crippen LogP contribution is -2.00. The molecule has 1 heterocycles. The van der Waals surface area contributed by atoms with Crippen LogP contribution >= 0.6 is 0 Å². The molecular formula is C12H16O3. The van der Waals surface area contributed by atoms with Gasteiger partial charge in [0.2, 0.25) is 0 Å². The Morgan fingerprint density at radius 2 is 2.40 bits per heavy atom. The number of hydrogen-bond donors (Lipinski definition) is 1. The largest absolute Gasteiger partial charge is 0.496 e. The van der Waals surface area contributed by atoms with Crippen molar-refractivity contribution in [3.8, 4) is 5.75 Å². The van der Waals surface area contributed by atoms with Crippen molar-refractivity contribution in [3.05, 3.63) is 29.3 Å². The number of benzene rings is 1. The first-order valence-electron chi connectivity index (χ1n) is 5.20. The molecule has 0 spiro atoms. The molecule has 82 valence electrons. The number of hydrogen-bond acceptors (Lipinski definition) is 3. The van der Waals surface area contributed by atoms with Crippen LogP contribution in [-0.2, 0) is 11.3 Å². The van der Waals surface area contributed by atoms with Crippen LogP contribution in [0.15, 0.2) is 18.2 Å². The molecule has 1 fully saturated rings. The van der Waals surface area contributed by atoms with E-state index in [1.165, 1.54) is 5.56 Å². The Labute approximate surface area is 89.6 Å². The average Bonchev–Trinajstić information content (AvgIpc) is 2.81. The summed E-state index contributed by atoms with van der Waals surface area (Å²) in [6.45, 7) is 1.65. The van der Waals surface area contributed by atoms with Crippen molar-refractivity contribution < 1.29 is 14.6 Å². The van der Waals surface area contributed by atoms with Gasteiger partial charge in [-0.05, 0) is 24.1 Å². The van der Waals surface area contributed by atoms with Gasteiger partial charge >= 0.3 is 0 Å². The Hall–Kier alpha value is -1.06. The third-order valence-electron chi connectivity index (χ3n) is 2.88. The van der Waals surface area contributed by atoms with Gasteiger partial charge in [-0.25, -0.2) is 0 Å². The van der Waals surface area contributed by atoms with Gasteiger partial charge in [0.15, 0.2) is 0 Å². The van der Waals surface area contributed by atoms with E-state index in [-0.39, 0.29) is 6.61 Å². The molecule has 1 atom stereocenters. The van der Waals surface area contributed by atoms with E-state index in [1.54, 1.807) is 7.11 Å². The van der Waals surface area contributed by atoms with E-state index in [2.05, 4.69) is 6.07 Å². The molecule has 3 nitrogen and oxygen atoms in total. The molecule has 3 heteroatoms. The monoisotopic (exact) mass is 208 g/mol. The molecule has 0 saturated carbocycles. The van der Waals surface area contributed by atoms with Crippen LogP contribution in [0, 0.1) is 0 Å². The Morgan fingerprint density at radius 3 is 3.00 bits per heavy atom.